The van der Waals surface area contributed by atoms with Gasteiger partial charge in [-0.1, -0.05) is 26.3 Å². The standard InChI is InChI=1S/C21H30BN3O2.C2H6/c1-20(2)21(3,4)27-22(26-20)15-8-9-18-17(14-15)23-19-10-11-24(12-13-25(18)19)16-6-5-7-16;1-2/h8-9,14,16H,5-7,10-13H2,1-4H3;1-2H3. The number of aromatic nitrogens is 2. The predicted molar refractivity (Wildman–Crippen MR) is 120 cm³/mol. The minimum Gasteiger partial charge on any atom is -0.399 e. The molecule has 2 fully saturated rings. The third-order valence-electron chi connectivity index (χ3n) is 7.20. The zero-order valence-electron chi connectivity index (χ0n) is 19.0. The molecule has 29 heavy (non-hydrogen) atoms. The number of hydrogen-bond acceptors (Lipinski definition) is 4. The van der Waals surface area contributed by atoms with E-state index in [0.717, 1.165) is 43.1 Å². The predicted octanol–water partition coefficient (Wildman–Crippen LogP) is 3.77. The molecule has 0 N–H and O–H groups in total. The lowest BCUT2D eigenvalue weighted by atomic mass is 9.79. The van der Waals surface area contributed by atoms with Gasteiger partial charge < -0.3 is 13.9 Å². The number of nitrogens with zero attached hydrogens (tertiary/aromatic N) is 3. The maximum Gasteiger partial charge on any atom is 0.494 e. The van der Waals surface area contributed by atoms with Gasteiger partial charge in [0.1, 0.15) is 5.82 Å². The monoisotopic (exact) mass is 397 g/mol. The normalized spacial score (nSPS) is 23.9. The second-order valence-electron chi connectivity index (χ2n) is 9.39. The van der Waals surface area contributed by atoms with Crippen molar-refractivity contribution in [2.75, 3.05) is 13.1 Å². The highest BCUT2D eigenvalue weighted by atomic mass is 16.7. The molecule has 1 saturated carbocycles. The van der Waals surface area contributed by atoms with Crippen LogP contribution in [0.2, 0.25) is 0 Å². The lowest BCUT2D eigenvalue weighted by molar-refractivity contribution is 0.00578. The van der Waals surface area contributed by atoms with Crippen molar-refractivity contribution in [3.8, 4) is 0 Å². The summed E-state index contributed by atoms with van der Waals surface area (Å²) < 4.78 is 14.9. The minimum atomic E-state index is -0.324. The summed E-state index contributed by atoms with van der Waals surface area (Å²) in [7, 11) is -0.324. The van der Waals surface area contributed by atoms with Crippen LogP contribution in [0.15, 0.2) is 18.2 Å². The Balaban J connectivity index is 0.000000994. The fourth-order valence-corrected chi connectivity index (χ4v) is 4.46. The molecule has 1 aliphatic carbocycles. The number of fused-ring (bicyclic) bond motifs is 3. The van der Waals surface area contributed by atoms with Crippen molar-refractivity contribution in [1.82, 2.24) is 14.5 Å². The van der Waals surface area contributed by atoms with Crippen LogP contribution in [-0.2, 0) is 22.3 Å². The fraction of sp³-hybridized carbons (Fsp3) is 0.696. The molecule has 5 nitrogen and oxygen atoms in total. The summed E-state index contributed by atoms with van der Waals surface area (Å²) in [4.78, 5) is 7.65. The smallest absolute Gasteiger partial charge is 0.399 e. The molecule has 3 aliphatic rings. The van der Waals surface area contributed by atoms with E-state index < -0.39 is 0 Å². The van der Waals surface area contributed by atoms with E-state index in [1.165, 1.54) is 30.6 Å². The van der Waals surface area contributed by atoms with E-state index in [4.69, 9.17) is 14.3 Å². The van der Waals surface area contributed by atoms with E-state index in [2.05, 4.69) is 55.4 Å². The molecule has 0 amide bonds. The molecule has 0 spiro atoms. The van der Waals surface area contributed by atoms with Crippen LogP contribution in [0.5, 0.6) is 0 Å². The summed E-state index contributed by atoms with van der Waals surface area (Å²) in [6.07, 6.45) is 5.19. The summed E-state index contributed by atoms with van der Waals surface area (Å²) >= 11 is 0. The first-order valence-electron chi connectivity index (χ1n) is 11.4. The van der Waals surface area contributed by atoms with E-state index >= 15 is 0 Å². The molecule has 0 bridgehead atoms. The van der Waals surface area contributed by atoms with E-state index in [-0.39, 0.29) is 18.3 Å². The zero-order chi connectivity index (χ0) is 20.8. The molecule has 1 aromatic heterocycles. The van der Waals surface area contributed by atoms with Crippen molar-refractivity contribution in [2.24, 2.45) is 0 Å². The molecule has 5 rings (SSSR count). The Morgan fingerprint density at radius 2 is 1.69 bits per heavy atom. The van der Waals surface area contributed by atoms with Crippen molar-refractivity contribution in [3.05, 3.63) is 24.0 Å². The third kappa shape index (κ3) is 3.64. The van der Waals surface area contributed by atoms with Crippen molar-refractivity contribution in [2.45, 2.75) is 91.0 Å². The summed E-state index contributed by atoms with van der Waals surface area (Å²) in [5.41, 5.74) is 2.73. The van der Waals surface area contributed by atoms with Crippen LogP contribution >= 0.6 is 0 Å². The lowest BCUT2D eigenvalue weighted by Crippen LogP contribution is -2.41. The lowest BCUT2D eigenvalue weighted by Gasteiger charge is -2.36. The van der Waals surface area contributed by atoms with Gasteiger partial charge in [0.05, 0.1) is 22.2 Å². The number of imidazole rings is 1. The molecule has 1 aromatic carbocycles. The van der Waals surface area contributed by atoms with Crippen LogP contribution in [0.1, 0.15) is 66.6 Å². The SMILES string of the molecule is CC.CC1(C)OB(c2ccc3c(c2)nc2n3CCN(C3CCC3)CC2)OC1(C)C. The molecule has 2 aliphatic heterocycles. The highest BCUT2D eigenvalue weighted by Gasteiger charge is 2.51. The van der Waals surface area contributed by atoms with Gasteiger partial charge >= 0.3 is 7.12 Å². The minimum absolute atomic E-state index is 0.317. The maximum atomic E-state index is 6.22. The van der Waals surface area contributed by atoms with Gasteiger partial charge in [0.15, 0.2) is 0 Å². The molecule has 0 radical (unpaired) electrons. The number of hydrogen-bond donors (Lipinski definition) is 0. The van der Waals surface area contributed by atoms with Gasteiger partial charge in [0.25, 0.3) is 0 Å². The summed E-state index contributed by atoms with van der Waals surface area (Å²) in [6.45, 7) is 15.7. The van der Waals surface area contributed by atoms with Gasteiger partial charge in [-0.3, -0.25) is 4.90 Å². The molecule has 6 heteroatoms. The zero-order valence-corrected chi connectivity index (χ0v) is 19.0. The Morgan fingerprint density at radius 3 is 2.31 bits per heavy atom. The Bertz CT molecular complexity index is 856. The van der Waals surface area contributed by atoms with Gasteiger partial charge in [0.2, 0.25) is 0 Å². The number of rotatable bonds is 2. The summed E-state index contributed by atoms with van der Waals surface area (Å²) in [6, 6.07) is 7.32. The van der Waals surface area contributed by atoms with Crippen LogP contribution in [0.3, 0.4) is 0 Å². The van der Waals surface area contributed by atoms with Crippen molar-refractivity contribution < 1.29 is 9.31 Å². The first kappa shape index (κ1) is 20.9. The Morgan fingerprint density at radius 1 is 1.00 bits per heavy atom. The number of benzene rings is 1. The summed E-state index contributed by atoms with van der Waals surface area (Å²) in [5.74, 6) is 1.22. The molecule has 3 heterocycles. The van der Waals surface area contributed by atoms with Gasteiger partial charge in [-0.15, -0.1) is 0 Å². The topological polar surface area (TPSA) is 39.5 Å². The average molecular weight is 397 g/mol. The first-order valence-corrected chi connectivity index (χ1v) is 11.4. The molecule has 2 aromatic rings. The van der Waals surface area contributed by atoms with E-state index in [1.54, 1.807) is 0 Å². The quantitative estimate of drug-likeness (QED) is 0.724. The van der Waals surface area contributed by atoms with E-state index in [0.29, 0.717) is 0 Å². The molecule has 1 saturated heterocycles. The Hall–Kier alpha value is -1.37. The Labute approximate surface area is 175 Å². The van der Waals surface area contributed by atoms with Gasteiger partial charge in [-0.05, 0) is 58.1 Å². The van der Waals surface area contributed by atoms with E-state index in [1.807, 2.05) is 13.8 Å². The Kier molecular flexibility index (Phi) is 5.56. The molecule has 158 valence electrons. The average Bonchev–Trinajstić information content (AvgIpc) is 3.00. The van der Waals surface area contributed by atoms with Crippen LogP contribution in [-0.4, -0.2) is 51.9 Å². The molecule has 0 unspecified atom stereocenters. The highest BCUT2D eigenvalue weighted by Crippen LogP contribution is 2.36. The summed E-state index contributed by atoms with van der Waals surface area (Å²) in [5, 5.41) is 0. The highest BCUT2D eigenvalue weighted by molar-refractivity contribution is 6.62. The largest absolute Gasteiger partial charge is 0.494 e. The molecule has 0 atom stereocenters. The maximum absolute atomic E-state index is 6.22. The van der Waals surface area contributed by atoms with Crippen LogP contribution in [0.4, 0.5) is 0 Å². The second kappa shape index (κ2) is 7.71. The molecular weight excluding hydrogens is 361 g/mol. The molecular formula is C23H36BN3O2. The second-order valence-corrected chi connectivity index (χ2v) is 9.39. The van der Waals surface area contributed by atoms with Crippen LogP contribution in [0.25, 0.3) is 11.0 Å². The van der Waals surface area contributed by atoms with Gasteiger partial charge in [0, 0.05) is 32.1 Å². The van der Waals surface area contributed by atoms with Crippen LogP contribution in [0, 0.1) is 0 Å². The van der Waals surface area contributed by atoms with Gasteiger partial charge in [-0.25, -0.2) is 4.98 Å². The third-order valence-corrected chi connectivity index (χ3v) is 7.20. The first-order chi connectivity index (χ1) is 13.8. The van der Waals surface area contributed by atoms with Crippen molar-refractivity contribution >= 4 is 23.6 Å². The van der Waals surface area contributed by atoms with Crippen LogP contribution < -0.4 is 5.46 Å². The van der Waals surface area contributed by atoms with Gasteiger partial charge in [-0.2, -0.15) is 0 Å². The van der Waals surface area contributed by atoms with E-state index in [9.17, 15) is 0 Å². The van der Waals surface area contributed by atoms with Crippen molar-refractivity contribution in [3.63, 3.8) is 0 Å². The fourth-order valence-electron chi connectivity index (χ4n) is 4.46. The van der Waals surface area contributed by atoms with Crippen molar-refractivity contribution in [1.29, 1.82) is 0 Å².